The summed E-state index contributed by atoms with van der Waals surface area (Å²) >= 11 is 1.98. The Morgan fingerprint density at radius 2 is 1.89 bits per heavy atom. The number of nitrogens with one attached hydrogen (secondary N) is 1. The zero-order chi connectivity index (χ0) is 13.8. The van der Waals surface area contributed by atoms with Crippen molar-refractivity contribution in [2.75, 3.05) is 5.75 Å². The Labute approximate surface area is 118 Å². The van der Waals surface area contributed by atoms with Gasteiger partial charge >= 0.3 is 5.97 Å². The van der Waals surface area contributed by atoms with E-state index >= 15 is 0 Å². The molecule has 0 bridgehead atoms. The fourth-order valence-electron chi connectivity index (χ4n) is 3.22. The summed E-state index contributed by atoms with van der Waals surface area (Å²) in [5.74, 6) is 0.0574. The molecule has 4 nitrogen and oxygen atoms in total. The molecule has 19 heavy (non-hydrogen) atoms. The van der Waals surface area contributed by atoms with Gasteiger partial charge in [-0.3, -0.25) is 9.59 Å². The predicted molar refractivity (Wildman–Crippen MR) is 76.2 cm³/mol. The van der Waals surface area contributed by atoms with E-state index in [0.717, 1.165) is 25.0 Å². The van der Waals surface area contributed by atoms with Crippen LogP contribution in [0.1, 0.15) is 45.4 Å². The zero-order valence-electron chi connectivity index (χ0n) is 11.4. The van der Waals surface area contributed by atoms with Crippen LogP contribution in [-0.2, 0) is 9.59 Å². The summed E-state index contributed by atoms with van der Waals surface area (Å²) in [6.07, 6.45) is 5.21. The van der Waals surface area contributed by atoms with Gasteiger partial charge in [0.2, 0.25) is 5.91 Å². The lowest BCUT2D eigenvalue weighted by molar-refractivity contribution is -0.141. The summed E-state index contributed by atoms with van der Waals surface area (Å²) in [4.78, 5) is 23.0. The van der Waals surface area contributed by atoms with Crippen molar-refractivity contribution in [2.24, 2.45) is 11.8 Å². The van der Waals surface area contributed by atoms with Crippen LogP contribution in [-0.4, -0.2) is 34.0 Å². The smallest absolute Gasteiger partial charge is 0.306 e. The van der Waals surface area contributed by atoms with Crippen molar-refractivity contribution < 1.29 is 14.7 Å². The summed E-state index contributed by atoms with van der Waals surface area (Å²) in [6.45, 7) is 2.17. The maximum absolute atomic E-state index is 12.1. The molecule has 0 aromatic heterocycles. The Bertz CT molecular complexity index is 348. The van der Waals surface area contributed by atoms with Crippen molar-refractivity contribution in [2.45, 2.75) is 56.7 Å². The van der Waals surface area contributed by atoms with Crippen molar-refractivity contribution in [3.8, 4) is 0 Å². The van der Waals surface area contributed by atoms with Gasteiger partial charge in [-0.05, 0) is 44.3 Å². The van der Waals surface area contributed by atoms with Crippen molar-refractivity contribution in [1.82, 2.24) is 5.32 Å². The molecule has 2 rings (SSSR count). The second-order valence-electron chi connectivity index (χ2n) is 5.64. The van der Waals surface area contributed by atoms with E-state index in [0.29, 0.717) is 24.1 Å². The van der Waals surface area contributed by atoms with Gasteiger partial charge in [0, 0.05) is 17.2 Å². The minimum absolute atomic E-state index is 0.0795. The SMILES string of the molecule is CCSC1CCC(NC(=O)[C@@H]2CC[C@H](C(=O)O)C2)C1. The molecule has 2 fully saturated rings. The third kappa shape index (κ3) is 3.88. The molecule has 5 heteroatoms. The van der Waals surface area contributed by atoms with E-state index in [1.807, 2.05) is 11.8 Å². The van der Waals surface area contributed by atoms with E-state index in [4.69, 9.17) is 5.11 Å². The average Bonchev–Trinajstić information content (AvgIpc) is 2.98. The monoisotopic (exact) mass is 285 g/mol. The molecule has 0 aromatic rings. The third-order valence-electron chi connectivity index (χ3n) is 4.29. The van der Waals surface area contributed by atoms with E-state index in [9.17, 15) is 9.59 Å². The number of aliphatic carboxylic acids is 1. The minimum Gasteiger partial charge on any atom is -0.481 e. The highest BCUT2D eigenvalue weighted by molar-refractivity contribution is 7.99. The molecule has 2 N–H and O–H groups in total. The minimum atomic E-state index is -0.754. The van der Waals surface area contributed by atoms with Gasteiger partial charge in [-0.1, -0.05) is 6.92 Å². The normalized spacial score (nSPS) is 34.4. The van der Waals surface area contributed by atoms with Gasteiger partial charge in [-0.15, -0.1) is 0 Å². The standard InChI is InChI=1S/C14H23NO3S/c1-2-19-12-6-5-11(8-12)15-13(16)9-3-4-10(7-9)14(17)18/h9-12H,2-8H2,1H3,(H,15,16)(H,17,18)/t9-,10+,11?,12?/m1/s1. The van der Waals surface area contributed by atoms with Crippen molar-refractivity contribution in [3.05, 3.63) is 0 Å². The van der Waals surface area contributed by atoms with E-state index in [1.165, 1.54) is 6.42 Å². The number of hydrogen-bond acceptors (Lipinski definition) is 3. The van der Waals surface area contributed by atoms with Crippen LogP contribution in [0.2, 0.25) is 0 Å². The van der Waals surface area contributed by atoms with E-state index < -0.39 is 5.97 Å². The summed E-state index contributed by atoms with van der Waals surface area (Å²) in [6, 6.07) is 0.306. The first kappa shape index (κ1) is 14.7. The molecule has 2 saturated carbocycles. The molecule has 0 radical (unpaired) electrons. The van der Waals surface area contributed by atoms with Crippen LogP contribution in [0.3, 0.4) is 0 Å². The molecule has 0 heterocycles. The van der Waals surface area contributed by atoms with Crippen molar-refractivity contribution in [3.63, 3.8) is 0 Å². The second kappa shape index (κ2) is 6.64. The molecule has 108 valence electrons. The lowest BCUT2D eigenvalue weighted by Crippen LogP contribution is -2.37. The number of amides is 1. The Hall–Kier alpha value is -0.710. The topological polar surface area (TPSA) is 66.4 Å². The van der Waals surface area contributed by atoms with Gasteiger partial charge in [-0.2, -0.15) is 11.8 Å². The van der Waals surface area contributed by atoms with Crippen molar-refractivity contribution in [1.29, 1.82) is 0 Å². The van der Waals surface area contributed by atoms with Crippen LogP contribution >= 0.6 is 11.8 Å². The molecule has 0 saturated heterocycles. The summed E-state index contributed by atoms with van der Waals surface area (Å²) in [7, 11) is 0. The lowest BCUT2D eigenvalue weighted by atomic mass is 10.0. The van der Waals surface area contributed by atoms with Gasteiger partial charge in [0.15, 0.2) is 0 Å². The van der Waals surface area contributed by atoms with Gasteiger partial charge in [0.05, 0.1) is 5.92 Å². The summed E-state index contributed by atoms with van der Waals surface area (Å²) in [5, 5.41) is 12.8. The first-order valence-corrected chi connectivity index (χ1v) is 8.29. The number of rotatable bonds is 5. The second-order valence-corrected chi connectivity index (χ2v) is 7.22. The van der Waals surface area contributed by atoms with Gasteiger partial charge in [0.1, 0.15) is 0 Å². The lowest BCUT2D eigenvalue weighted by Gasteiger charge is -2.16. The molecule has 1 amide bonds. The fraction of sp³-hybridized carbons (Fsp3) is 0.857. The Morgan fingerprint density at radius 1 is 1.16 bits per heavy atom. The van der Waals surface area contributed by atoms with Crippen LogP contribution in [0.15, 0.2) is 0 Å². The molecule has 2 aliphatic rings. The zero-order valence-corrected chi connectivity index (χ0v) is 12.2. The molecule has 0 aliphatic heterocycles. The van der Waals surface area contributed by atoms with Crippen LogP contribution < -0.4 is 5.32 Å². The molecular weight excluding hydrogens is 262 g/mol. The Kier molecular flexibility index (Phi) is 5.13. The largest absolute Gasteiger partial charge is 0.481 e. The van der Waals surface area contributed by atoms with E-state index in [2.05, 4.69) is 12.2 Å². The van der Waals surface area contributed by atoms with Crippen LogP contribution in [0.25, 0.3) is 0 Å². The highest BCUT2D eigenvalue weighted by Crippen LogP contribution is 2.33. The summed E-state index contributed by atoms with van der Waals surface area (Å²) in [5.41, 5.74) is 0. The predicted octanol–water partition coefficient (Wildman–Crippen LogP) is 2.28. The quantitative estimate of drug-likeness (QED) is 0.813. The maximum atomic E-state index is 12.1. The van der Waals surface area contributed by atoms with Crippen molar-refractivity contribution >= 4 is 23.6 Å². The number of thioether (sulfide) groups is 1. The number of carbonyl (C=O) groups excluding carboxylic acids is 1. The van der Waals surface area contributed by atoms with E-state index in [-0.39, 0.29) is 17.7 Å². The molecule has 0 spiro atoms. The maximum Gasteiger partial charge on any atom is 0.306 e. The average molecular weight is 285 g/mol. The highest BCUT2D eigenvalue weighted by Gasteiger charge is 2.35. The van der Waals surface area contributed by atoms with Gasteiger partial charge in [-0.25, -0.2) is 0 Å². The number of carboxylic acid groups (broad SMARTS) is 1. The molecule has 0 aromatic carbocycles. The highest BCUT2D eigenvalue weighted by atomic mass is 32.2. The Morgan fingerprint density at radius 3 is 2.53 bits per heavy atom. The third-order valence-corrected chi connectivity index (χ3v) is 5.52. The molecule has 4 atom stereocenters. The number of hydrogen-bond donors (Lipinski definition) is 2. The van der Waals surface area contributed by atoms with Gasteiger partial charge < -0.3 is 10.4 Å². The molecule has 2 unspecified atom stereocenters. The van der Waals surface area contributed by atoms with Crippen LogP contribution in [0.5, 0.6) is 0 Å². The summed E-state index contributed by atoms with van der Waals surface area (Å²) < 4.78 is 0. The molecule has 2 aliphatic carbocycles. The van der Waals surface area contributed by atoms with E-state index in [1.54, 1.807) is 0 Å². The van der Waals surface area contributed by atoms with Crippen LogP contribution in [0, 0.1) is 11.8 Å². The van der Waals surface area contributed by atoms with Gasteiger partial charge in [0.25, 0.3) is 0 Å². The van der Waals surface area contributed by atoms with Crippen LogP contribution in [0.4, 0.5) is 0 Å². The first-order chi connectivity index (χ1) is 9.10. The fourth-order valence-corrected chi connectivity index (χ4v) is 4.36. The molecular formula is C14H23NO3S. The number of carboxylic acids is 1. The number of carbonyl (C=O) groups is 2. The Balaban J connectivity index is 1.75. The first-order valence-electron chi connectivity index (χ1n) is 7.25.